The molecule has 0 bridgehead atoms. The third-order valence-corrected chi connectivity index (χ3v) is 3.06. The number of nitrogens with one attached hydrogen (secondary N) is 1. The molecule has 1 aromatic rings. The van der Waals surface area contributed by atoms with Crippen molar-refractivity contribution in [2.45, 2.75) is 24.9 Å². The highest BCUT2D eigenvalue weighted by Gasteiger charge is 2.34. The van der Waals surface area contributed by atoms with E-state index in [0.717, 1.165) is 19.3 Å². The van der Waals surface area contributed by atoms with Crippen LogP contribution in [0.25, 0.3) is 0 Å². The molecular formula is C9H13ClN4O. The Bertz CT molecular complexity index is 367. The van der Waals surface area contributed by atoms with Crippen molar-refractivity contribution in [3.63, 3.8) is 0 Å². The molecule has 15 heavy (non-hydrogen) atoms. The van der Waals surface area contributed by atoms with Crippen LogP contribution in [0.5, 0.6) is 0 Å². The van der Waals surface area contributed by atoms with Crippen LogP contribution < -0.4 is 11.1 Å². The van der Waals surface area contributed by atoms with Gasteiger partial charge in [0.05, 0.1) is 5.60 Å². The van der Waals surface area contributed by atoms with Crippen molar-refractivity contribution in [2.24, 2.45) is 0 Å². The molecule has 1 fully saturated rings. The summed E-state index contributed by atoms with van der Waals surface area (Å²) in [5.41, 5.74) is 4.91. The summed E-state index contributed by atoms with van der Waals surface area (Å²) in [6, 6.07) is 0. The topological polar surface area (TPSA) is 84.1 Å². The lowest BCUT2D eigenvalue weighted by Crippen LogP contribution is -2.43. The van der Waals surface area contributed by atoms with Crippen LogP contribution in [0.15, 0.2) is 6.33 Å². The Morgan fingerprint density at radius 1 is 1.53 bits per heavy atom. The highest BCUT2D eigenvalue weighted by molar-refractivity contribution is 6.35. The van der Waals surface area contributed by atoms with Gasteiger partial charge in [-0.2, -0.15) is 0 Å². The van der Waals surface area contributed by atoms with Crippen LogP contribution in [-0.4, -0.2) is 27.2 Å². The SMILES string of the molecule is Nc1ncnc(NCC2(O)CCC2)c1Cl. The molecule has 1 saturated carbocycles. The van der Waals surface area contributed by atoms with Gasteiger partial charge in [0.25, 0.3) is 0 Å². The van der Waals surface area contributed by atoms with Gasteiger partial charge in [0.1, 0.15) is 17.2 Å². The van der Waals surface area contributed by atoms with Gasteiger partial charge in [-0.25, -0.2) is 9.97 Å². The van der Waals surface area contributed by atoms with Crippen LogP contribution in [0.4, 0.5) is 11.6 Å². The number of hydrogen-bond donors (Lipinski definition) is 3. The molecule has 1 aromatic heterocycles. The van der Waals surface area contributed by atoms with E-state index in [1.165, 1.54) is 6.33 Å². The molecule has 0 saturated heterocycles. The van der Waals surface area contributed by atoms with E-state index in [1.807, 2.05) is 0 Å². The molecule has 5 nitrogen and oxygen atoms in total. The third kappa shape index (κ3) is 2.13. The first-order chi connectivity index (χ1) is 7.11. The first-order valence-corrected chi connectivity index (χ1v) is 5.21. The molecule has 0 atom stereocenters. The zero-order valence-electron chi connectivity index (χ0n) is 8.20. The van der Waals surface area contributed by atoms with Crippen molar-refractivity contribution in [2.75, 3.05) is 17.6 Å². The molecule has 1 heterocycles. The predicted molar refractivity (Wildman–Crippen MR) is 58.7 cm³/mol. The van der Waals surface area contributed by atoms with E-state index in [0.29, 0.717) is 17.4 Å². The highest BCUT2D eigenvalue weighted by atomic mass is 35.5. The van der Waals surface area contributed by atoms with Gasteiger partial charge in [0, 0.05) is 6.54 Å². The van der Waals surface area contributed by atoms with E-state index >= 15 is 0 Å². The van der Waals surface area contributed by atoms with E-state index in [1.54, 1.807) is 0 Å². The van der Waals surface area contributed by atoms with Crippen LogP contribution in [-0.2, 0) is 0 Å². The van der Waals surface area contributed by atoms with Crippen LogP contribution in [0.3, 0.4) is 0 Å². The van der Waals surface area contributed by atoms with E-state index in [2.05, 4.69) is 15.3 Å². The third-order valence-electron chi connectivity index (χ3n) is 2.69. The highest BCUT2D eigenvalue weighted by Crippen LogP contribution is 2.32. The van der Waals surface area contributed by atoms with Crippen LogP contribution in [0, 0.1) is 0 Å². The zero-order valence-corrected chi connectivity index (χ0v) is 8.96. The number of rotatable bonds is 3. The van der Waals surface area contributed by atoms with Crippen molar-refractivity contribution in [3.8, 4) is 0 Å². The summed E-state index contributed by atoms with van der Waals surface area (Å²) in [5.74, 6) is 0.722. The van der Waals surface area contributed by atoms with Crippen LogP contribution >= 0.6 is 11.6 Å². The summed E-state index contributed by atoms with van der Waals surface area (Å²) in [7, 11) is 0. The lowest BCUT2D eigenvalue weighted by atomic mass is 9.80. The molecular weight excluding hydrogens is 216 g/mol. The zero-order chi connectivity index (χ0) is 10.9. The second-order valence-electron chi connectivity index (χ2n) is 3.85. The minimum absolute atomic E-state index is 0.245. The molecule has 4 N–H and O–H groups in total. The number of halogens is 1. The molecule has 6 heteroatoms. The largest absolute Gasteiger partial charge is 0.388 e. The molecule has 82 valence electrons. The Balaban J connectivity index is 2.01. The molecule has 0 aliphatic heterocycles. The van der Waals surface area contributed by atoms with Crippen molar-refractivity contribution in [1.82, 2.24) is 9.97 Å². The van der Waals surface area contributed by atoms with E-state index in [9.17, 15) is 5.11 Å². The van der Waals surface area contributed by atoms with Gasteiger partial charge in [0.15, 0.2) is 5.82 Å². The monoisotopic (exact) mass is 228 g/mol. The second-order valence-corrected chi connectivity index (χ2v) is 4.23. The fourth-order valence-electron chi connectivity index (χ4n) is 1.52. The van der Waals surface area contributed by atoms with E-state index in [-0.39, 0.29) is 5.82 Å². The van der Waals surface area contributed by atoms with Crippen LogP contribution in [0.1, 0.15) is 19.3 Å². The normalized spacial score (nSPS) is 18.3. The first kappa shape index (κ1) is 10.4. The summed E-state index contributed by atoms with van der Waals surface area (Å²) in [6.45, 7) is 0.448. The first-order valence-electron chi connectivity index (χ1n) is 4.83. The number of nitrogen functional groups attached to an aromatic ring is 1. The molecule has 0 radical (unpaired) electrons. The van der Waals surface area contributed by atoms with E-state index < -0.39 is 5.60 Å². The summed E-state index contributed by atoms with van der Waals surface area (Å²) >= 11 is 5.89. The minimum Gasteiger partial charge on any atom is -0.388 e. The predicted octanol–water partition coefficient (Wildman–Crippen LogP) is 1.04. The van der Waals surface area contributed by atoms with Gasteiger partial charge in [0.2, 0.25) is 0 Å². The maximum absolute atomic E-state index is 9.85. The lowest BCUT2D eigenvalue weighted by molar-refractivity contribution is -0.0202. The smallest absolute Gasteiger partial charge is 0.150 e. The molecule has 0 amide bonds. The summed E-state index contributed by atoms with van der Waals surface area (Å²) < 4.78 is 0. The Labute approximate surface area is 92.7 Å². The average Bonchev–Trinajstić information content (AvgIpc) is 2.17. The number of nitrogens with two attached hydrogens (primary N) is 1. The number of hydrogen-bond acceptors (Lipinski definition) is 5. The van der Waals surface area contributed by atoms with Gasteiger partial charge < -0.3 is 16.2 Å². The van der Waals surface area contributed by atoms with Gasteiger partial charge in [-0.3, -0.25) is 0 Å². The maximum Gasteiger partial charge on any atom is 0.150 e. The van der Waals surface area contributed by atoms with Crippen molar-refractivity contribution in [3.05, 3.63) is 11.3 Å². The summed E-state index contributed by atoms with van der Waals surface area (Å²) in [5, 5.41) is 13.1. The second kappa shape index (κ2) is 3.83. The Morgan fingerprint density at radius 2 is 2.27 bits per heavy atom. The maximum atomic E-state index is 9.85. The number of aliphatic hydroxyl groups is 1. The number of aromatic nitrogens is 2. The molecule has 1 aliphatic rings. The quantitative estimate of drug-likeness (QED) is 0.720. The van der Waals surface area contributed by atoms with Gasteiger partial charge in [-0.1, -0.05) is 11.6 Å². The molecule has 0 aromatic carbocycles. The minimum atomic E-state index is -0.608. The Hall–Kier alpha value is -1.07. The Kier molecular flexibility index (Phi) is 2.67. The molecule has 0 unspecified atom stereocenters. The van der Waals surface area contributed by atoms with Crippen molar-refractivity contribution in [1.29, 1.82) is 0 Å². The fourth-order valence-corrected chi connectivity index (χ4v) is 1.68. The summed E-state index contributed by atoms with van der Waals surface area (Å²) in [4.78, 5) is 7.71. The van der Waals surface area contributed by atoms with Crippen LogP contribution in [0.2, 0.25) is 5.02 Å². The number of anilines is 2. The lowest BCUT2D eigenvalue weighted by Gasteiger charge is -2.36. The summed E-state index contributed by atoms with van der Waals surface area (Å²) in [6.07, 6.45) is 4.04. The number of nitrogens with zero attached hydrogens (tertiary/aromatic N) is 2. The molecule has 2 rings (SSSR count). The van der Waals surface area contributed by atoms with Gasteiger partial charge in [-0.15, -0.1) is 0 Å². The molecule has 1 aliphatic carbocycles. The standard InChI is InChI=1S/C9H13ClN4O/c10-6-7(11)13-5-14-8(6)12-4-9(15)2-1-3-9/h5,15H,1-4H2,(H3,11,12,13,14). The van der Waals surface area contributed by atoms with E-state index in [4.69, 9.17) is 17.3 Å². The molecule has 0 spiro atoms. The Morgan fingerprint density at radius 3 is 2.87 bits per heavy atom. The van der Waals surface area contributed by atoms with Gasteiger partial charge >= 0.3 is 0 Å². The van der Waals surface area contributed by atoms with Crippen molar-refractivity contribution < 1.29 is 5.11 Å². The van der Waals surface area contributed by atoms with Crippen molar-refractivity contribution >= 4 is 23.2 Å². The fraction of sp³-hybridized carbons (Fsp3) is 0.556. The average molecular weight is 229 g/mol. The van der Waals surface area contributed by atoms with Gasteiger partial charge in [-0.05, 0) is 19.3 Å².